The first-order chi connectivity index (χ1) is 17.5. The van der Waals surface area contributed by atoms with Crippen molar-refractivity contribution in [2.75, 3.05) is 11.9 Å². The van der Waals surface area contributed by atoms with Gasteiger partial charge in [-0.1, -0.05) is 42.3 Å². The van der Waals surface area contributed by atoms with Crippen molar-refractivity contribution in [2.45, 2.75) is 71.2 Å². The minimum absolute atomic E-state index is 0.249. The lowest BCUT2D eigenvalue weighted by molar-refractivity contribution is -0.142. The summed E-state index contributed by atoms with van der Waals surface area (Å²) in [6.45, 7) is 8.21. The number of anilines is 1. The smallest absolute Gasteiger partial charge is 0.408 e. The maximum atomic E-state index is 13.9. The number of alkyl carbamates (subject to hydrolysis) is 1. The summed E-state index contributed by atoms with van der Waals surface area (Å²) >= 11 is 0. The van der Waals surface area contributed by atoms with Gasteiger partial charge in [-0.15, -0.1) is 6.42 Å². The zero-order chi connectivity index (χ0) is 27.3. The van der Waals surface area contributed by atoms with Crippen molar-refractivity contribution >= 4 is 23.6 Å². The fraction of sp³-hybridized carbons (Fsp3) is 0.414. The number of aliphatic hydroxyl groups excluding tert-OH is 1. The van der Waals surface area contributed by atoms with E-state index in [1.54, 1.807) is 45.0 Å². The summed E-state index contributed by atoms with van der Waals surface area (Å²) in [7, 11) is 0. The summed E-state index contributed by atoms with van der Waals surface area (Å²) in [4.78, 5) is 41.6. The normalized spacial score (nSPS) is 14.6. The molecular weight excluding hydrogens is 470 g/mol. The van der Waals surface area contributed by atoms with Gasteiger partial charge in [0, 0.05) is 17.3 Å². The molecule has 2 aromatic rings. The molecule has 8 nitrogen and oxygen atoms in total. The standard InChI is InChI=1S/C29H35N3O5/c1-7-20-13-8-9-14-22(20)25(26(34)31-24-18(2)11-10-12-19(24)3)32(21-15-16-21)27(35)23(17-33)30-28(36)37-29(4,5)6/h1,8-14,21,23,25,33H,15-17H2,2-6H3,(H,30,36)(H,31,34). The molecule has 1 aliphatic rings. The maximum absolute atomic E-state index is 13.9. The number of ether oxygens (including phenoxy) is 1. The molecule has 1 aliphatic carbocycles. The zero-order valence-corrected chi connectivity index (χ0v) is 22.0. The first kappa shape index (κ1) is 27.8. The minimum atomic E-state index is -1.30. The molecule has 1 saturated carbocycles. The van der Waals surface area contributed by atoms with Gasteiger partial charge in [-0.25, -0.2) is 4.79 Å². The van der Waals surface area contributed by atoms with Gasteiger partial charge in [0.2, 0.25) is 5.91 Å². The molecule has 0 aromatic heterocycles. The Bertz CT molecular complexity index is 1190. The number of amides is 3. The Morgan fingerprint density at radius 3 is 2.27 bits per heavy atom. The van der Waals surface area contributed by atoms with Crippen molar-refractivity contribution in [3.8, 4) is 12.3 Å². The molecule has 2 aromatic carbocycles. The highest BCUT2D eigenvalue weighted by Crippen LogP contribution is 2.37. The summed E-state index contributed by atoms with van der Waals surface area (Å²) in [5, 5.41) is 15.5. The Balaban J connectivity index is 2.03. The van der Waals surface area contributed by atoms with E-state index in [-0.39, 0.29) is 6.04 Å². The molecule has 3 amide bonds. The molecule has 37 heavy (non-hydrogen) atoms. The van der Waals surface area contributed by atoms with Gasteiger partial charge in [-0.05, 0) is 70.2 Å². The predicted molar refractivity (Wildman–Crippen MR) is 142 cm³/mol. The van der Waals surface area contributed by atoms with E-state index < -0.39 is 42.2 Å². The molecule has 0 radical (unpaired) electrons. The van der Waals surface area contributed by atoms with Gasteiger partial charge >= 0.3 is 6.09 Å². The lowest BCUT2D eigenvalue weighted by Crippen LogP contribution is -2.54. The number of hydrogen-bond acceptors (Lipinski definition) is 5. The molecule has 0 aliphatic heterocycles. The van der Waals surface area contributed by atoms with E-state index in [0.29, 0.717) is 29.7 Å². The Labute approximate surface area is 218 Å². The Kier molecular flexibility index (Phi) is 8.61. The second-order valence-corrected chi connectivity index (χ2v) is 10.2. The molecule has 0 saturated heterocycles. The van der Waals surface area contributed by atoms with Crippen molar-refractivity contribution in [2.24, 2.45) is 0 Å². The third kappa shape index (κ3) is 6.89. The highest BCUT2D eigenvalue weighted by Gasteiger charge is 2.44. The maximum Gasteiger partial charge on any atom is 0.408 e. The second kappa shape index (κ2) is 11.5. The summed E-state index contributed by atoms with van der Waals surface area (Å²) in [6.07, 6.45) is 6.30. The molecule has 0 heterocycles. The van der Waals surface area contributed by atoms with Gasteiger partial charge in [-0.2, -0.15) is 0 Å². The van der Waals surface area contributed by atoms with Crippen molar-refractivity contribution in [3.63, 3.8) is 0 Å². The number of terminal acetylenes is 1. The number of carbonyl (C=O) groups is 3. The number of aliphatic hydroxyl groups is 1. The number of para-hydroxylation sites is 1. The molecule has 196 valence electrons. The molecule has 1 fully saturated rings. The van der Waals surface area contributed by atoms with Crippen LogP contribution in [0.4, 0.5) is 10.5 Å². The molecule has 3 N–H and O–H groups in total. The van der Waals surface area contributed by atoms with Crippen LogP contribution >= 0.6 is 0 Å². The van der Waals surface area contributed by atoms with E-state index in [9.17, 15) is 19.5 Å². The van der Waals surface area contributed by atoms with E-state index in [1.807, 2.05) is 32.0 Å². The number of benzene rings is 2. The van der Waals surface area contributed by atoms with E-state index in [1.165, 1.54) is 4.90 Å². The number of nitrogens with zero attached hydrogens (tertiary/aromatic N) is 1. The predicted octanol–water partition coefficient (Wildman–Crippen LogP) is 3.84. The van der Waals surface area contributed by atoms with Crippen molar-refractivity contribution in [1.29, 1.82) is 0 Å². The molecule has 8 heteroatoms. The molecule has 2 atom stereocenters. The fourth-order valence-electron chi connectivity index (χ4n) is 4.17. The third-order valence-corrected chi connectivity index (χ3v) is 6.03. The number of hydrogen-bond donors (Lipinski definition) is 3. The first-order valence-electron chi connectivity index (χ1n) is 12.3. The number of rotatable bonds is 8. The summed E-state index contributed by atoms with van der Waals surface area (Å²) < 4.78 is 5.27. The van der Waals surface area contributed by atoms with Crippen molar-refractivity contribution in [1.82, 2.24) is 10.2 Å². The molecule has 3 rings (SSSR count). The summed E-state index contributed by atoms with van der Waals surface area (Å²) in [5.41, 5.74) is 2.58. The van der Waals surface area contributed by atoms with Gasteiger partial charge in [-0.3, -0.25) is 9.59 Å². The largest absolute Gasteiger partial charge is 0.444 e. The van der Waals surface area contributed by atoms with Crippen LogP contribution in [0.5, 0.6) is 0 Å². The second-order valence-electron chi connectivity index (χ2n) is 10.2. The average molecular weight is 506 g/mol. The van der Waals surface area contributed by atoms with Crippen LogP contribution in [0, 0.1) is 26.2 Å². The monoisotopic (exact) mass is 505 g/mol. The molecule has 2 unspecified atom stereocenters. The number of aryl methyl sites for hydroxylation is 2. The molecule has 0 spiro atoms. The molecular formula is C29H35N3O5. The van der Waals surface area contributed by atoms with Crippen LogP contribution in [0.2, 0.25) is 0 Å². The van der Waals surface area contributed by atoms with Crippen LogP contribution in [-0.4, -0.2) is 52.2 Å². The van der Waals surface area contributed by atoms with Crippen LogP contribution in [0.25, 0.3) is 0 Å². The van der Waals surface area contributed by atoms with Gasteiger partial charge < -0.3 is 25.4 Å². The summed E-state index contributed by atoms with van der Waals surface area (Å²) in [6, 6.07) is 10.0. The van der Waals surface area contributed by atoms with Crippen LogP contribution < -0.4 is 10.6 Å². The van der Waals surface area contributed by atoms with Crippen LogP contribution in [0.1, 0.15) is 61.9 Å². The lowest BCUT2D eigenvalue weighted by Gasteiger charge is -2.35. The summed E-state index contributed by atoms with van der Waals surface area (Å²) in [5.74, 6) is 1.59. The Morgan fingerprint density at radius 1 is 1.11 bits per heavy atom. The van der Waals surface area contributed by atoms with Crippen molar-refractivity contribution < 1.29 is 24.2 Å². The van der Waals surface area contributed by atoms with Gasteiger partial charge in [0.25, 0.3) is 5.91 Å². The van der Waals surface area contributed by atoms with E-state index in [4.69, 9.17) is 11.2 Å². The Hall–Kier alpha value is -3.83. The average Bonchev–Trinajstić information content (AvgIpc) is 3.67. The lowest BCUT2D eigenvalue weighted by atomic mass is 9.97. The Morgan fingerprint density at radius 2 is 1.73 bits per heavy atom. The fourth-order valence-corrected chi connectivity index (χ4v) is 4.17. The van der Waals surface area contributed by atoms with Gasteiger partial charge in [0.15, 0.2) is 0 Å². The van der Waals surface area contributed by atoms with Crippen LogP contribution in [0.3, 0.4) is 0 Å². The van der Waals surface area contributed by atoms with Crippen molar-refractivity contribution in [3.05, 3.63) is 64.7 Å². The first-order valence-corrected chi connectivity index (χ1v) is 12.3. The topological polar surface area (TPSA) is 108 Å². The zero-order valence-electron chi connectivity index (χ0n) is 22.0. The minimum Gasteiger partial charge on any atom is -0.444 e. The van der Waals surface area contributed by atoms with Crippen LogP contribution in [-0.2, 0) is 14.3 Å². The highest BCUT2D eigenvalue weighted by molar-refractivity contribution is 6.00. The molecule has 0 bridgehead atoms. The number of carbonyl (C=O) groups excluding carboxylic acids is 3. The third-order valence-electron chi connectivity index (χ3n) is 6.03. The van der Waals surface area contributed by atoms with Gasteiger partial charge in [0.05, 0.1) is 6.61 Å². The van der Waals surface area contributed by atoms with Gasteiger partial charge in [0.1, 0.15) is 17.7 Å². The SMILES string of the molecule is C#Cc1ccccc1C(C(=O)Nc1c(C)cccc1C)N(C(=O)C(CO)NC(=O)OC(C)(C)C)C1CC1. The van der Waals surface area contributed by atoms with E-state index in [0.717, 1.165) is 11.1 Å². The quantitative estimate of drug-likeness (QED) is 0.473. The number of nitrogens with one attached hydrogen (secondary N) is 2. The van der Waals surface area contributed by atoms with E-state index >= 15 is 0 Å². The van der Waals surface area contributed by atoms with E-state index in [2.05, 4.69) is 16.6 Å². The van der Waals surface area contributed by atoms with Crippen LogP contribution in [0.15, 0.2) is 42.5 Å². The highest BCUT2D eigenvalue weighted by atomic mass is 16.6.